The lowest BCUT2D eigenvalue weighted by Crippen LogP contribution is -2.28. The average molecular weight is 206 g/mol. The number of rotatable bonds is 5. The molecule has 0 unspecified atom stereocenters. The Balaban J connectivity index is 2.56. The molecule has 3 nitrogen and oxygen atoms in total. The van der Waals surface area contributed by atoms with Crippen molar-refractivity contribution in [1.82, 2.24) is 5.06 Å². The summed E-state index contributed by atoms with van der Waals surface area (Å²) >= 11 is 0. The molecule has 0 saturated carbocycles. The van der Waals surface area contributed by atoms with Crippen LogP contribution in [0.5, 0.6) is 0 Å². The maximum atomic E-state index is 11.8. The first-order chi connectivity index (χ1) is 7.15. The zero-order valence-electron chi connectivity index (χ0n) is 9.36. The average Bonchev–Trinajstić information content (AvgIpc) is 2.28. The van der Waals surface area contributed by atoms with Gasteiger partial charge in [0.25, 0.3) is 0 Å². The van der Waals surface area contributed by atoms with Gasteiger partial charge in [-0.3, -0.25) is 4.79 Å². The fourth-order valence-corrected chi connectivity index (χ4v) is 1.22. The molecule has 0 aliphatic rings. The Morgan fingerprint density at radius 1 is 1.33 bits per heavy atom. The van der Waals surface area contributed by atoms with E-state index in [2.05, 4.69) is 0 Å². The van der Waals surface area contributed by atoms with Crippen molar-refractivity contribution in [1.29, 1.82) is 0 Å². The Morgan fingerprint density at radius 3 is 2.47 bits per heavy atom. The molecule has 0 heterocycles. The second-order valence-electron chi connectivity index (χ2n) is 3.35. The van der Waals surface area contributed by atoms with Crippen LogP contribution in [0, 0.1) is 6.04 Å². The van der Waals surface area contributed by atoms with Gasteiger partial charge in [-0.05, 0) is 12.5 Å². The molecule has 1 radical (unpaired) electrons. The van der Waals surface area contributed by atoms with Crippen molar-refractivity contribution in [3.05, 3.63) is 41.9 Å². The van der Waals surface area contributed by atoms with Crippen molar-refractivity contribution in [2.75, 3.05) is 14.2 Å². The van der Waals surface area contributed by atoms with Gasteiger partial charge in [-0.1, -0.05) is 30.3 Å². The first-order valence-corrected chi connectivity index (χ1v) is 4.83. The van der Waals surface area contributed by atoms with Crippen LogP contribution in [-0.2, 0) is 16.1 Å². The van der Waals surface area contributed by atoms with E-state index in [1.165, 1.54) is 5.06 Å². The van der Waals surface area contributed by atoms with E-state index in [1.807, 2.05) is 30.3 Å². The summed E-state index contributed by atoms with van der Waals surface area (Å²) in [5, 5.41) is 1.48. The first kappa shape index (κ1) is 11.9. The molecule has 0 bridgehead atoms. The number of carbonyl (C=O) groups is 1. The Kier molecular flexibility index (Phi) is 4.46. The highest BCUT2D eigenvalue weighted by molar-refractivity contribution is 5.92. The Labute approximate surface area is 90.6 Å². The largest absolute Gasteiger partial charge is 0.302 e. The van der Waals surface area contributed by atoms with Gasteiger partial charge in [-0.15, -0.1) is 0 Å². The number of hydroxylamine groups is 2. The number of Topliss-reactive ketones (excluding diaryl/α,β-unsaturated/α-hetero) is 1. The number of carbonyl (C=O) groups excluding carboxylic acids is 1. The Bertz CT molecular complexity index is 311. The summed E-state index contributed by atoms with van der Waals surface area (Å²) in [6.45, 7) is 1.76. The lowest BCUT2D eigenvalue weighted by molar-refractivity contribution is -0.136. The normalized spacial score (nSPS) is 11.0. The van der Waals surface area contributed by atoms with Gasteiger partial charge in [0.15, 0.2) is 5.78 Å². The Hall–Kier alpha value is -1.19. The molecule has 0 N–H and O–H groups in total. The number of likely N-dealkylation sites (N-methyl/N-ethyl adjacent to an activating group) is 1. The van der Waals surface area contributed by atoms with E-state index in [4.69, 9.17) is 4.84 Å². The van der Waals surface area contributed by atoms with Gasteiger partial charge in [0.05, 0.1) is 7.11 Å². The monoisotopic (exact) mass is 206 g/mol. The molecule has 3 heteroatoms. The van der Waals surface area contributed by atoms with E-state index in [1.54, 1.807) is 21.1 Å². The SMILES string of the molecule is CON(C)[C](C)C(=O)Cc1ccccc1. The third-order valence-corrected chi connectivity index (χ3v) is 2.36. The molecule has 0 aliphatic heterocycles. The Morgan fingerprint density at radius 2 is 1.93 bits per heavy atom. The predicted molar refractivity (Wildman–Crippen MR) is 58.8 cm³/mol. The molecule has 0 amide bonds. The van der Waals surface area contributed by atoms with Crippen LogP contribution in [0.3, 0.4) is 0 Å². The quantitative estimate of drug-likeness (QED) is 0.688. The molecular formula is C12H16NO2. The molecular weight excluding hydrogens is 190 g/mol. The van der Waals surface area contributed by atoms with Gasteiger partial charge in [0.1, 0.15) is 6.04 Å². The van der Waals surface area contributed by atoms with Gasteiger partial charge in [-0.2, -0.15) is 5.06 Å². The highest BCUT2D eigenvalue weighted by atomic mass is 16.7. The molecule has 1 aromatic carbocycles. The highest BCUT2D eigenvalue weighted by Crippen LogP contribution is 2.10. The van der Waals surface area contributed by atoms with Crippen LogP contribution in [-0.4, -0.2) is 25.0 Å². The third kappa shape index (κ3) is 3.46. The van der Waals surface area contributed by atoms with E-state index in [-0.39, 0.29) is 5.78 Å². The zero-order valence-corrected chi connectivity index (χ0v) is 9.36. The lowest BCUT2D eigenvalue weighted by atomic mass is 10.1. The topological polar surface area (TPSA) is 29.5 Å². The minimum absolute atomic E-state index is 0.0746. The van der Waals surface area contributed by atoms with Crippen molar-refractivity contribution in [3.8, 4) is 0 Å². The molecule has 0 aliphatic carbocycles. The van der Waals surface area contributed by atoms with E-state index >= 15 is 0 Å². The van der Waals surface area contributed by atoms with Crippen LogP contribution >= 0.6 is 0 Å². The number of benzene rings is 1. The van der Waals surface area contributed by atoms with Crippen molar-refractivity contribution in [2.24, 2.45) is 0 Å². The van der Waals surface area contributed by atoms with Crippen LogP contribution in [0.2, 0.25) is 0 Å². The molecule has 1 aromatic rings. The molecule has 81 valence electrons. The second kappa shape index (κ2) is 5.63. The minimum Gasteiger partial charge on any atom is -0.302 e. The van der Waals surface area contributed by atoms with E-state index in [9.17, 15) is 4.79 Å². The molecule has 0 atom stereocenters. The minimum atomic E-state index is 0.0746. The predicted octanol–water partition coefficient (Wildman–Crippen LogP) is 1.84. The van der Waals surface area contributed by atoms with Gasteiger partial charge in [0, 0.05) is 13.5 Å². The van der Waals surface area contributed by atoms with Crippen LogP contribution in [0.25, 0.3) is 0 Å². The maximum absolute atomic E-state index is 11.8. The summed E-state index contributed by atoms with van der Waals surface area (Å²) in [5.41, 5.74) is 1.02. The lowest BCUT2D eigenvalue weighted by Gasteiger charge is -2.19. The summed E-state index contributed by atoms with van der Waals surface area (Å²) in [6.07, 6.45) is 0.417. The van der Waals surface area contributed by atoms with Crippen LogP contribution in [0.4, 0.5) is 0 Å². The molecule has 0 saturated heterocycles. The second-order valence-corrected chi connectivity index (χ2v) is 3.35. The van der Waals surface area contributed by atoms with E-state index in [0.717, 1.165) is 5.56 Å². The maximum Gasteiger partial charge on any atom is 0.161 e. The van der Waals surface area contributed by atoms with Crippen molar-refractivity contribution < 1.29 is 9.63 Å². The number of hydrogen-bond donors (Lipinski definition) is 0. The number of nitrogens with zero attached hydrogens (tertiary/aromatic N) is 1. The smallest absolute Gasteiger partial charge is 0.161 e. The summed E-state index contributed by atoms with van der Waals surface area (Å²) in [7, 11) is 3.26. The summed E-state index contributed by atoms with van der Waals surface area (Å²) in [6, 6.07) is 10.3. The van der Waals surface area contributed by atoms with Crippen LogP contribution < -0.4 is 0 Å². The molecule has 15 heavy (non-hydrogen) atoms. The third-order valence-electron chi connectivity index (χ3n) is 2.36. The van der Waals surface area contributed by atoms with Gasteiger partial charge < -0.3 is 4.84 Å². The summed E-state index contributed by atoms with van der Waals surface area (Å²) in [4.78, 5) is 16.7. The van der Waals surface area contributed by atoms with Crippen LogP contribution in [0.1, 0.15) is 12.5 Å². The fraction of sp³-hybridized carbons (Fsp3) is 0.333. The van der Waals surface area contributed by atoms with Gasteiger partial charge in [-0.25, -0.2) is 0 Å². The highest BCUT2D eigenvalue weighted by Gasteiger charge is 2.18. The van der Waals surface area contributed by atoms with Gasteiger partial charge in [0.2, 0.25) is 0 Å². The standard InChI is InChI=1S/C12H16NO2/c1-10(13(2)15-3)12(14)9-11-7-5-4-6-8-11/h4-8H,9H2,1-3H3. The summed E-state index contributed by atoms with van der Waals surface area (Å²) < 4.78 is 0. The summed E-state index contributed by atoms with van der Waals surface area (Å²) in [5.74, 6) is 0.0746. The number of ketones is 1. The first-order valence-electron chi connectivity index (χ1n) is 4.83. The fourth-order valence-electron chi connectivity index (χ4n) is 1.22. The molecule has 0 spiro atoms. The molecule has 1 rings (SSSR count). The van der Waals surface area contributed by atoms with Crippen molar-refractivity contribution in [2.45, 2.75) is 13.3 Å². The van der Waals surface area contributed by atoms with E-state index < -0.39 is 0 Å². The van der Waals surface area contributed by atoms with Crippen molar-refractivity contribution in [3.63, 3.8) is 0 Å². The van der Waals surface area contributed by atoms with Gasteiger partial charge >= 0.3 is 0 Å². The zero-order chi connectivity index (χ0) is 11.3. The van der Waals surface area contributed by atoms with Crippen molar-refractivity contribution >= 4 is 5.78 Å². The van der Waals surface area contributed by atoms with Crippen LogP contribution in [0.15, 0.2) is 30.3 Å². The molecule has 0 aromatic heterocycles. The number of hydrogen-bond acceptors (Lipinski definition) is 3. The molecule has 0 fully saturated rings. The van der Waals surface area contributed by atoms with E-state index in [0.29, 0.717) is 12.5 Å².